The van der Waals surface area contributed by atoms with Crippen molar-refractivity contribution in [2.45, 2.75) is 43.8 Å². The molecule has 0 amide bonds. The van der Waals surface area contributed by atoms with Crippen LogP contribution in [0, 0.1) is 17.8 Å². The van der Waals surface area contributed by atoms with Crippen LogP contribution in [-0.4, -0.2) is 11.7 Å². The van der Waals surface area contributed by atoms with Crippen molar-refractivity contribution >= 4 is 0 Å². The minimum Gasteiger partial charge on any atom is -0.366 e. The van der Waals surface area contributed by atoms with E-state index in [0.717, 1.165) is 23.9 Å². The molecule has 0 aromatic rings. The lowest BCUT2D eigenvalue weighted by Gasteiger charge is -2.20. The summed E-state index contributed by atoms with van der Waals surface area (Å²) in [5.74, 6) is 3.18. The highest BCUT2D eigenvalue weighted by Gasteiger charge is 2.74. The molecule has 1 spiro atoms. The zero-order chi connectivity index (χ0) is 7.05. The zero-order valence-electron chi connectivity index (χ0n) is 6.75. The maximum absolute atomic E-state index is 5.85. The number of fused-ring (bicyclic) bond motifs is 3. The highest BCUT2D eigenvalue weighted by molar-refractivity contribution is 5.22. The SMILES string of the molecule is C1CC2C3CC4OC4(C3)C2C1. The van der Waals surface area contributed by atoms with E-state index in [0.29, 0.717) is 5.60 Å². The molecule has 5 atom stereocenters. The predicted octanol–water partition coefficient (Wildman–Crippen LogP) is 1.96. The number of ether oxygens (including phenoxy) is 1. The van der Waals surface area contributed by atoms with Crippen molar-refractivity contribution in [3.05, 3.63) is 0 Å². The second-order valence-corrected chi connectivity index (χ2v) is 4.96. The van der Waals surface area contributed by atoms with Gasteiger partial charge in [-0.05, 0) is 43.4 Å². The molecule has 2 bridgehead atoms. The maximum atomic E-state index is 5.85. The van der Waals surface area contributed by atoms with Crippen LogP contribution in [0.2, 0.25) is 0 Å². The molecule has 11 heavy (non-hydrogen) atoms. The first-order valence-corrected chi connectivity index (χ1v) is 5.08. The van der Waals surface area contributed by atoms with Crippen LogP contribution in [0.1, 0.15) is 32.1 Å². The van der Waals surface area contributed by atoms with Crippen LogP contribution in [0.4, 0.5) is 0 Å². The molecule has 0 aromatic carbocycles. The normalized spacial score (nSPS) is 69.8. The third-order valence-electron chi connectivity index (χ3n) is 4.75. The summed E-state index contributed by atoms with van der Waals surface area (Å²) in [6.07, 6.45) is 8.08. The van der Waals surface area contributed by atoms with Gasteiger partial charge in [-0.25, -0.2) is 0 Å². The van der Waals surface area contributed by atoms with Gasteiger partial charge in [-0.15, -0.1) is 0 Å². The van der Waals surface area contributed by atoms with Gasteiger partial charge in [0.1, 0.15) is 0 Å². The smallest absolute Gasteiger partial charge is 0.0981 e. The molecule has 5 unspecified atom stereocenters. The van der Waals surface area contributed by atoms with E-state index in [-0.39, 0.29) is 0 Å². The van der Waals surface area contributed by atoms with E-state index in [1.165, 1.54) is 32.1 Å². The molecular weight excluding hydrogens is 136 g/mol. The topological polar surface area (TPSA) is 12.5 Å². The lowest BCUT2D eigenvalue weighted by molar-refractivity contribution is 0.227. The molecule has 4 rings (SSSR count). The molecule has 1 saturated heterocycles. The van der Waals surface area contributed by atoms with E-state index < -0.39 is 0 Å². The van der Waals surface area contributed by atoms with Crippen molar-refractivity contribution in [1.82, 2.24) is 0 Å². The molecule has 1 heterocycles. The Morgan fingerprint density at radius 3 is 3.27 bits per heavy atom. The van der Waals surface area contributed by atoms with Crippen molar-refractivity contribution in [1.29, 1.82) is 0 Å². The molecule has 0 aromatic heterocycles. The van der Waals surface area contributed by atoms with E-state index in [1.54, 1.807) is 0 Å². The summed E-state index contributed by atoms with van der Waals surface area (Å²) in [7, 11) is 0. The van der Waals surface area contributed by atoms with Gasteiger partial charge in [0, 0.05) is 0 Å². The van der Waals surface area contributed by atoms with Gasteiger partial charge in [-0.1, -0.05) is 6.42 Å². The summed E-state index contributed by atoms with van der Waals surface area (Å²) >= 11 is 0. The van der Waals surface area contributed by atoms with Gasteiger partial charge < -0.3 is 4.74 Å². The first-order chi connectivity index (χ1) is 5.40. The van der Waals surface area contributed by atoms with E-state index in [4.69, 9.17) is 4.74 Å². The Kier molecular flexibility index (Phi) is 0.706. The third kappa shape index (κ3) is 0.438. The molecule has 60 valence electrons. The Morgan fingerprint density at radius 1 is 1.27 bits per heavy atom. The molecule has 3 saturated carbocycles. The fourth-order valence-electron chi connectivity index (χ4n) is 4.39. The number of epoxide rings is 1. The van der Waals surface area contributed by atoms with Gasteiger partial charge >= 0.3 is 0 Å². The maximum Gasteiger partial charge on any atom is 0.0981 e. The van der Waals surface area contributed by atoms with Crippen molar-refractivity contribution < 1.29 is 4.74 Å². The Labute approximate surface area is 67.1 Å². The highest BCUT2D eigenvalue weighted by Crippen LogP contribution is 2.70. The van der Waals surface area contributed by atoms with Gasteiger partial charge in [0.15, 0.2) is 0 Å². The highest BCUT2D eigenvalue weighted by atomic mass is 16.6. The van der Waals surface area contributed by atoms with Gasteiger partial charge in [-0.3, -0.25) is 0 Å². The summed E-state index contributed by atoms with van der Waals surface area (Å²) in [5.41, 5.74) is 0.478. The molecule has 0 radical (unpaired) electrons. The van der Waals surface area contributed by atoms with E-state index in [1.807, 2.05) is 0 Å². The summed E-state index contributed by atoms with van der Waals surface area (Å²) < 4.78 is 5.85. The minimum absolute atomic E-state index is 0.478. The largest absolute Gasteiger partial charge is 0.366 e. The molecule has 1 heteroatoms. The number of hydrogen-bond donors (Lipinski definition) is 0. The van der Waals surface area contributed by atoms with Gasteiger partial charge in [0.25, 0.3) is 0 Å². The van der Waals surface area contributed by atoms with Crippen LogP contribution in [0.5, 0.6) is 0 Å². The molecular formula is C10H14O. The van der Waals surface area contributed by atoms with Crippen molar-refractivity contribution in [3.8, 4) is 0 Å². The van der Waals surface area contributed by atoms with Gasteiger partial charge in [0.05, 0.1) is 11.7 Å². The summed E-state index contributed by atoms with van der Waals surface area (Å²) in [5, 5.41) is 0. The third-order valence-corrected chi connectivity index (χ3v) is 4.75. The molecule has 3 aliphatic carbocycles. The van der Waals surface area contributed by atoms with Crippen molar-refractivity contribution in [2.75, 3.05) is 0 Å². The Morgan fingerprint density at radius 2 is 2.27 bits per heavy atom. The van der Waals surface area contributed by atoms with Crippen LogP contribution in [0.3, 0.4) is 0 Å². The van der Waals surface area contributed by atoms with Gasteiger partial charge in [0.2, 0.25) is 0 Å². The second-order valence-electron chi connectivity index (χ2n) is 4.96. The fraction of sp³-hybridized carbons (Fsp3) is 1.00. The number of hydrogen-bond acceptors (Lipinski definition) is 1. The summed E-state index contributed by atoms with van der Waals surface area (Å²) in [4.78, 5) is 0. The quantitative estimate of drug-likeness (QED) is 0.481. The zero-order valence-corrected chi connectivity index (χ0v) is 6.75. The van der Waals surface area contributed by atoms with Crippen LogP contribution in [0.15, 0.2) is 0 Å². The average molecular weight is 150 g/mol. The molecule has 1 nitrogen and oxygen atoms in total. The first-order valence-electron chi connectivity index (χ1n) is 5.08. The summed E-state index contributed by atoms with van der Waals surface area (Å²) in [6.45, 7) is 0. The number of rotatable bonds is 0. The fourth-order valence-corrected chi connectivity index (χ4v) is 4.39. The Balaban J connectivity index is 1.84. The van der Waals surface area contributed by atoms with Crippen LogP contribution >= 0.6 is 0 Å². The first kappa shape index (κ1) is 5.58. The van der Waals surface area contributed by atoms with Gasteiger partial charge in [-0.2, -0.15) is 0 Å². The van der Waals surface area contributed by atoms with Crippen LogP contribution < -0.4 is 0 Å². The van der Waals surface area contributed by atoms with Crippen LogP contribution in [0.25, 0.3) is 0 Å². The molecule has 4 aliphatic rings. The lowest BCUT2D eigenvalue weighted by atomic mass is 9.82. The molecule has 4 fully saturated rings. The standard InChI is InChI=1S/C10H14O/c1-2-7-6-4-9-10(5-6,11-9)8(7)3-1/h6-9H,1-5H2. The summed E-state index contributed by atoms with van der Waals surface area (Å²) in [6, 6.07) is 0. The van der Waals surface area contributed by atoms with Crippen molar-refractivity contribution in [3.63, 3.8) is 0 Å². The lowest BCUT2D eigenvalue weighted by Crippen LogP contribution is -2.23. The van der Waals surface area contributed by atoms with Crippen molar-refractivity contribution in [2.24, 2.45) is 17.8 Å². The van der Waals surface area contributed by atoms with E-state index in [9.17, 15) is 0 Å². The van der Waals surface area contributed by atoms with E-state index in [2.05, 4.69) is 0 Å². The Hall–Kier alpha value is -0.0400. The van der Waals surface area contributed by atoms with Crippen LogP contribution in [-0.2, 0) is 4.74 Å². The molecule has 0 N–H and O–H groups in total. The average Bonchev–Trinajstić information content (AvgIpc) is 2.50. The predicted molar refractivity (Wildman–Crippen MR) is 41.2 cm³/mol. The Bertz CT molecular complexity index is 225. The van der Waals surface area contributed by atoms with E-state index >= 15 is 0 Å². The molecule has 1 aliphatic heterocycles. The second kappa shape index (κ2) is 1.39. The monoisotopic (exact) mass is 150 g/mol. The minimum atomic E-state index is 0.478.